The van der Waals surface area contributed by atoms with Gasteiger partial charge in [-0.15, -0.1) is 0 Å². The van der Waals surface area contributed by atoms with Gasteiger partial charge in [-0.3, -0.25) is 0 Å². The molecule has 0 aliphatic carbocycles. The standard InChI is InChI=1S/C12H17N3O3/c1-2-17-12(16)15-7-3-4-10(8-15)18-11-5-6-13-9-14-11/h5-6,9-10H,2-4,7-8H2,1H3. The van der Waals surface area contributed by atoms with E-state index < -0.39 is 0 Å². The fourth-order valence-corrected chi connectivity index (χ4v) is 1.93. The van der Waals surface area contributed by atoms with Crippen LogP contribution in [-0.2, 0) is 4.74 Å². The number of carbonyl (C=O) groups is 1. The van der Waals surface area contributed by atoms with Crippen molar-refractivity contribution < 1.29 is 14.3 Å². The molecule has 1 saturated heterocycles. The summed E-state index contributed by atoms with van der Waals surface area (Å²) in [6.45, 7) is 3.47. The SMILES string of the molecule is CCOC(=O)N1CCCC(Oc2ccncn2)C1. The third-order valence-electron chi connectivity index (χ3n) is 2.75. The zero-order valence-corrected chi connectivity index (χ0v) is 10.4. The molecule has 2 rings (SSSR count). The number of carbonyl (C=O) groups excluding carboxylic acids is 1. The van der Waals surface area contributed by atoms with Crippen molar-refractivity contribution in [2.75, 3.05) is 19.7 Å². The van der Waals surface area contributed by atoms with Gasteiger partial charge in [0.2, 0.25) is 5.88 Å². The van der Waals surface area contributed by atoms with E-state index in [0.717, 1.165) is 19.4 Å². The Balaban J connectivity index is 1.89. The summed E-state index contributed by atoms with van der Waals surface area (Å²) in [5, 5.41) is 0. The number of rotatable bonds is 3. The van der Waals surface area contributed by atoms with Crippen LogP contribution in [0.5, 0.6) is 5.88 Å². The first-order valence-electron chi connectivity index (χ1n) is 6.14. The van der Waals surface area contributed by atoms with Crippen LogP contribution in [0.2, 0.25) is 0 Å². The normalized spacial score (nSPS) is 19.4. The molecule has 1 unspecified atom stereocenters. The van der Waals surface area contributed by atoms with Crippen molar-refractivity contribution in [1.82, 2.24) is 14.9 Å². The van der Waals surface area contributed by atoms with Gasteiger partial charge in [-0.1, -0.05) is 0 Å². The molecule has 98 valence electrons. The summed E-state index contributed by atoms with van der Waals surface area (Å²) in [6.07, 6.45) is 4.61. The van der Waals surface area contributed by atoms with Crippen molar-refractivity contribution in [3.8, 4) is 5.88 Å². The Hall–Kier alpha value is -1.85. The van der Waals surface area contributed by atoms with Crippen molar-refractivity contribution in [2.45, 2.75) is 25.9 Å². The molecule has 0 saturated carbocycles. The summed E-state index contributed by atoms with van der Waals surface area (Å²) < 4.78 is 10.7. The van der Waals surface area contributed by atoms with Crippen molar-refractivity contribution in [3.05, 3.63) is 18.6 Å². The fourth-order valence-electron chi connectivity index (χ4n) is 1.93. The predicted molar refractivity (Wildman–Crippen MR) is 64.3 cm³/mol. The maximum Gasteiger partial charge on any atom is 0.409 e. The van der Waals surface area contributed by atoms with Gasteiger partial charge in [-0.2, -0.15) is 0 Å². The largest absolute Gasteiger partial charge is 0.472 e. The van der Waals surface area contributed by atoms with Gasteiger partial charge in [0.05, 0.1) is 13.2 Å². The number of aromatic nitrogens is 2. The highest BCUT2D eigenvalue weighted by atomic mass is 16.6. The van der Waals surface area contributed by atoms with Crippen molar-refractivity contribution in [3.63, 3.8) is 0 Å². The third kappa shape index (κ3) is 3.32. The number of amides is 1. The number of piperidine rings is 1. The average Bonchev–Trinajstić information content (AvgIpc) is 2.40. The maximum absolute atomic E-state index is 11.6. The van der Waals surface area contributed by atoms with Gasteiger partial charge < -0.3 is 14.4 Å². The van der Waals surface area contributed by atoms with E-state index in [1.807, 2.05) is 0 Å². The van der Waals surface area contributed by atoms with E-state index in [-0.39, 0.29) is 12.2 Å². The van der Waals surface area contributed by atoms with Gasteiger partial charge in [0.25, 0.3) is 0 Å². The van der Waals surface area contributed by atoms with Crippen LogP contribution in [0, 0.1) is 0 Å². The lowest BCUT2D eigenvalue weighted by molar-refractivity contribution is 0.0594. The second-order valence-corrected chi connectivity index (χ2v) is 4.07. The second-order valence-electron chi connectivity index (χ2n) is 4.07. The predicted octanol–water partition coefficient (Wildman–Crippen LogP) is 1.48. The zero-order valence-electron chi connectivity index (χ0n) is 10.4. The van der Waals surface area contributed by atoms with E-state index in [4.69, 9.17) is 9.47 Å². The van der Waals surface area contributed by atoms with Gasteiger partial charge in [0.1, 0.15) is 12.4 Å². The Morgan fingerprint density at radius 3 is 3.22 bits per heavy atom. The summed E-state index contributed by atoms with van der Waals surface area (Å²) in [6, 6.07) is 1.71. The molecular formula is C12H17N3O3. The number of likely N-dealkylation sites (tertiary alicyclic amines) is 1. The molecule has 18 heavy (non-hydrogen) atoms. The summed E-state index contributed by atoms with van der Waals surface area (Å²) in [5.74, 6) is 0.542. The van der Waals surface area contributed by atoms with Gasteiger partial charge in [0, 0.05) is 18.8 Å². The molecule has 6 nitrogen and oxygen atoms in total. The molecule has 1 atom stereocenters. The quantitative estimate of drug-likeness (QED) is 0.814. The summed E-state index contributed by atoms with van der Waals surface area (Å²) >= 11 is 0. The van der Waals surface area contributed by atoms with Gasteiger partial charge in [-0.25, -0.2) is 14.8 Å². The molecule has 1 fully saturated rings. The summed E-state index contributed by atoms with van der Waals surface area (Å²) in [5.41, 5.74) is 0. The molecule has 1 aliphatic rings. The molecule has 0 bridgehead atoms. The summed E-state index contributed by atoms with van der Waals surface area (Å²) in [4.78, 5) is 21.1. The molecule has 6 heteroatoms. The highest BCUT2D eigenvalue weighted by Crippen LogP contribution is 2.16. The fraction of sp³-hybridized carbons (Fsp3) is 0.583. The lowest BCUT2D eigenvalue weighted by atomic mass is 10.1. The summed E-state index contributed by atoms with van der Waals surface area (Å²) in [7, 11) is 0. The van der Waals surface area contributed by atoms with Crippen LogP contribution >= 0.6 is 0 Å². The van der Waals surface area contributed by atoms with E-state index >= 15 is 0 Å². The van der Waals surface area contributed by atoms with Crippen LogP contribution < -0.4 is 4.74 Å². The molecule has 0 aromatic carbocycles. The lowest BCUT2D eigenvalue weighted by Gasteiger charge is -2.31. The van der Waals surface area contributed by atoms with E-state index in [9.17, 15) is 4.79 Å². The molecule has 1 aliphatic heterocycles. The van der Waals surface area contributed by atoms with Crippen molar-refractivity contribution >= 4 is 6.09 Å². The van der Waals surface area contributed by atoms with Crippen molar-refractivity contribution in [2.24, 2.45) is 0 Å². The van der Waals surface area contributed by atoms with E-state index in [1.165, 1.54) is 6.33 Å². The Kier molecular flexibility index (Phi) is 4.33. The van der Waals surface area contributed by atoms with Crippen LogP contribution in [0.3, 0.4) is 0 Å². The average molecular weight is 251 g/mol. The van der Waals surface area contributed by atoms with E-state index in [1.54, 1.807) is 24.1 Å². The topological polar surface area (TPSA) is 64.5 Å². The Morgan fingerprint density at radius 1 is 1.61 bits per heavy atom. The van der Waals surface area contributed by atoms with E-state index in [0.29, 0.717) is 19.0 Å². The van der Waals surface area contributed by atoms with Gasteiger partial charge in [-0.05, 0) is 19.8 Å². The number of hydrogen-bond acceptors (Lipinski definition) is 5. The minimum atomic E-state index is -0.270. The van der Waals surface area contributed by atoms with Crippen LogP contribution in [-0.4, -0.2) is 46.8 Å². The molecule has 1 amide bonds. The third-order valence-corrected chi connectivity index (χ3v) is 2.75. The minimum Gasteiger partial charge on any atom is -0.472 e. The molecule has 1 aromatic rings. The van der Waals surface area contributed by atoms with E-state index in [2.05, 4.69) is 9.97 Å². The maximum atomic E-state index is 11.6. The monoisotopic (exact) mass is 251 g/mol. The molecule has 1 aromatic heterocycles. The first kappa shape index (κ1) is 12.6. The van der Waals surface area contributed by atoms with Gasteiger partial charge >= 0.3 is 6.09 Å². The first-order chi connectivity index (χ1) is 8.79. The van der Waals surface area contributed by atoms with Crippen LogP contribution in [0.25, 0.3) is 0 Å². The number of ether oxygens (including phenoxy) is 2. The van der Waals surface area contributed by atoms with Gasteiger partial charge in [0.15, 0.2) is 0 Å². The molecule has 2 heterocycles. The molecule has 0 N–H and O–H groups in total. The highest BCUT2D eigenvalue weighted by Gasteiger charge is 2.25. The molecular weight excluding hydrogens is 234 g/mol. The van der Waals surface area contributed by atoms with Crippen LogP contribution in [0.1, 0.15) is 19.8 Å². The smallest absolute Gasteiger partial charge is 0.409 e. The number of hydrogen-bond donors (Lipinski definition) is 0. The number of nitrogens with zero attached hydrogens (tertiary/aromatic N) is 3. The Bertz CT molecular complexity index is 385. The minimum absolute atomic E-state index is 0.0296. The highest BCUT2D eigenvalue weighted by molar-refractivity contribution is 5.67. The van der Waals surface area contributed by atoms with Crippen molar-refractivity contribution in [1.29, 1.82) is 0 Å². The zero-order chi connectivity index (χ0) is 12.8. The van der Waals surface area contributed by atoms with Crippen LogP contribution in [0.15, 0.2) is 18.6 Å². The second kappa shape index (κ2) is 6.18. The molecule has 0 radical (unpaired) electrons. The Morgan fingerprint density at radius 2 is 2.50 bits per heavy atom. The lowest BCUT2D eigenvalue weighted by Crippen LogP contribution is -2.44. The van der Waals surface area contributed by atoms with Crippen LogP contribution in [0.4, 0.5) is 4.79 Å². The Labute approximate surface area is 106 Å². The molecule has 0 spiro atoms. The first-order valence-corrected chi connectivity index (χ1v) is 6.14.